The minimum atomic E-state index is -0.255. The Hall–Kier alpha value is -2.45. The second-order valence-corrected chi connectivity index (χ2v) is 7.64. The number of hydrogen-bond acceptors (Lipinski definition) is 4. The Labute approximate surface area is 157 Å². The molecular formula is C17H15BrN4O2S. The van der Waals surface area contributed by atoms with Crippen LogP contribution in [0.15, 0.2) is 58.6 Å². The van der Waals surface area contributed by atoms with Crippen molar-refractivity contribution in [2.75, 3.05) is 6.54 Å². The second-order valence-electron chi connectivity index (χ2n) is 5.18. The van der Waals surface area contributed by atoms with Crippen LogP contribution in [0.25, 0.3) is 5.69 Å². The number of halogens is 1. The van der Waals surface area contributed by atoms with Gasteiger partial charge in [0.25, 0.3) is 5.91 Å². The van der Waals surface area contributed by atoms with Gasteiger partial charge in [0.15, 0.2) is 0 Å². The summed E-state index contributed by atoms with van der Waals surface area (Å²) in [6.07, 6.45) is 3.59. The van der Waals surface area contributed by atoms with Gasteiger partial charge in [-0.25, -0.2) is 4.68 Å². The Morgan fingerprint density at radius 1 is 1.12 bits per heavy atom. The van der Waals surface area contributed by atoms with E-state index in [0.717, 1.165) is 15.0 Å². The first-order valence-corrected chi connectivity index (χ1v) is 9.12. The summed E-state index contributed by atoms with van der Waals surface area (Å²) in [7, 11) is 0. The maximum absolute atomic E-state index is 11.9. The van der Waals surface area contributed by atoms with E-state index >= 15 is 0 Å². The van der Waals surface area contributed by atoms with Crippen LogP contribution in [0, 0.1) is 0 Å². The molecular weight excluding hydrogens is 404 g/mol. The Morgan fingerprint density at radius 2 is 1.92 bits per heavy atom. The van der Waals surface area contributed by atoms with E-state index in [9.17, 15) is 9.59 Å². The fourth-order valence-electron chi connectivity index (χ4n) is 2.14. The molecule has 6 nitrogen and oxygen atoms in total. The molecule has 2 amide bonds. The highest BCUT2D eigenvalue weighted by Crippen LogP contribution is 2.21. The number of nitrogens with zero attached hydrogens (tertiary/aromatic N) is 2. The predicted octanol–water partition coefficient (Wildman–Crippen LogP) is 2.74. The number of aromatic nitrogens is 2. The van der Waals surface area contributed by atoms with Gasteiger partial charge in [-0.05, 0) is 51.8 Å². The first-order valence-electron chi connectivity index (χ1n) is 7.51. The minimum Gasteiger partial charge on any atom is -0.350 e. The average Bonchev–Trinajstić information content (AvgIpc) is 3.30. The van der Waals surface area contributed by atoms with Crippen molar-refractivity contribution >= 4 is 39.1 Å². The smallest absolute Gasteiger partial charge is 0.261 e. The van der Waals surface area contributed by atoms with Crippen LogP contribution in [0.2, 0.25) is 0 Å². The van der Waals surface area contributed by atoms with Gasteiger partial charge in [0.05, 0.1) is 20.9 Å². The van der Waals surface area contributed by atoms with Crippen LogP contribution in [0.4, 0.5) is 0 Å². The molecule has 8 heteroatoms. The molecule has 0 aliphatic rings. The third-order valence-corrected chi connectivity index (χ3v) is 5.02. The molecule has 0 unspecified atom stereocenters. The number of amides is 2. The first kappa shape index (κ1) is 17.4. The van der Waals surface area contributed by atoms with Gasteiger partial charge in [-0.15, -0.1) is 11.3 Å². The predicted molar refractivity (Wildman–Crippen MR) is 99.8 cm³/mol. The molecule has 0 saturated heterocycles. The molecule has 0 aliphatic heterocycles. The van der Waals surface area contributed by atoms with Crippen molar-refractivity contribution in [3.8, 4) is 5.69 Å². The molecule has 25 heavy (non-hydrogen) atoms. The number of hydrogen-bond donors (Lipinski definition) is 2. The van der Waals surface area contributed by atoms with Crippen LogP contribution < -0.4 is 10.6 Å². The molecule has 3 rings (SSSR count). The number of benzene rings is 1. The molecule has 0 atom stereocenters. The van der Waals surface area contributed by atoms with Gasteiger partial charge in [0, 0.05) is 18.9 Å². The summed E-state index contributed by atoms with van der Waals surface area (Å²) in [5.74, 6) is -0.491. The molecule has 0 saturated carbocycles. The molecule has 1 aromatic carbocycles. The van der Waals surface area contributed by atoms with Crippen molar-refractivity contribution in [3.05, 3.63) is 69.1 Å². The molecule has 2 heterocycles. The highest BCUT2D eigenvalue weighted by atomic mass is 79.9. The number of carbonyl (C=O) groups excluding carboxylic acids is 2. The van der Waals surface area contributed by atoms with Crippen molar-refractivity contribution < 1.29 is 9.59 Å². The summed E-state index contributed by atoms with van der Waals surface area (Å²) in [6.45, 7) is 0.346. The van der Waals surface area contributed by atoms with Crippen molar-refractivity contribution in [1.29, 1.82) is 0 Å². The number of rotatable bonds is 6. The monoisotopic (exact) mass is 418 g/mol. The molecule has 0 fully saturated rings. The zero-order chi connectivity index (χ0) is 17.6. The van der Waals surface area contributed by atoms with E-state index in [2.05, 4.69) is 31.7 Å². The van der Waals surface area contributed by atoms with E-state index in [1.54, 1.807) is 23.0 Å². The molecule has 0 spiro atoms. The van der Waals surface area contributed by atoms with E-state index in [1.807, 2.05) is 36.5 Å². The molecule has 0 radical (unpaired) electrons. The van der Waals surface area contributed by atoms with E-state index in [4.69, 9.17) is 0 Å². The molecule has 2 N–H and O–H groups in total. The molecule has 0 aliphatic carbocycles. The fraction of sp³-hybridized carbons (Fsp3) is 0.118. The third-order valence-electron chi connectivity index (χ3n) is 3.40. The summed E-state index contributed by atoms with van der Waals surface area (Å²) in [4.78, 5) is 24.3. The van der Waals surface area contributed by atoms with Crippen LogP contribution in [0.5, 0.6) is 0 Å². The van der Waals surface area contributed by atoms with Crippen molar-refractivity contribution in [2.45, 2.75) is 6.54 Å². The van der Waals surface area contributed by atoms with Gasteiger partial charge in [0.2, 0.25) is 5.91 Å². The minimum absolute atomic E-state index is 0.0558. The highest BCUT2D eigenvalue weighted by molar-refractivity contribution is 9.11. The standard InChI is InChI=1S/C17H15BrN4O2S/c18-15-7-6-14(25-15)17(24)20-11-16(23)19-10-12-2-4-13(5-3-12)22-9-1-8-21-22/h1-9H,10-11H2,(H,19,23)(H,20,24). The lowest BCUT2D eigenvalue weighted by atomic mass is 10.2. The Kier molecular flexibility index (Phi) is 5.62. The van der Waals surface area contributed by atoms with Gasteiger partial charge in [-0.3, -0.25) is 9.59 Å². The van der Waals surface area contributed by atoms with Crippen LogP contribution >= 0.6 is 27.3 Å². The van der Waals surface area contributed by atoms with Crippen molar-refractivity contribution in [1.82, 2.24) is 20.4 Å². The second kappa shape index (κ2) is 8.09. The average molecular weight is 419 g/mol. The number of nitrogens with one attached hydrogen (secondary N) is 2. The van der Waals surface area contributed by atoms with E-state index in [0.29, 0.717) is 11.4 Å². The van der Waals surface area contributed by atoms with Gasteiger partial charge in [-0.1, -0.05) is 12.1 Å². The lowest BCUT2D eigenvalue weighted by Crippen LogP contribution is -2.36. The number of carbonyl (C=O) groups is 2. The maximum atomic E-state index is 11.9. The van der Waals surface area contributed by atoms with Crippen molar-refractivity contribution in [2.24, 2.45) is 0 Å². The summed E-state index contributed by atoms with van der Waals surface area (Å²) < 4.78 is 2.64. The van der Waals surface area contributed by atoms with Crippen LogP contribution in [-0.4, -0.2) is 28.1 Å². The van der Waals surface area contributed by atoms with Crippen LogP contribution in [0.3, 0.4) is 0 Å². The summed E-state index contributed by atoms with van der Waals surface area (Å²) >= 11 is 4.63. The lowest BCUT2D eigenvalue weighted by Gasteiger charge is -2.07. The van der Waals surface area contributed by atoms with Gasteiger partial charge < -0.3 is 10.6 Å². The van der Waals surface area contributed by atoms with E-state index in [1.165, 1.54) is 11.3 Å². The lowest BCUT2D eigenvalue weighted by molar-refractivity contribution is -0.120. The zero-order valence-corrected chi connectivity index (χ0v) is 15.5. The quantitative estimate of drug-likeness (QED) is 0.645. The topological polar surface area (TPSA) is 76.0 Å². The SMILES string of the molecule is O=C(CNC(=O)c1ccc(Br)s1)NCc1ccc(-n2cccn2)cc1. The van der Waals surface area contributed by atoms with Gasteiger partial charge in [-0.2, -0.15) is 5.10 Å². The van der Waals surface area contributed by atoms with E-state index < -0.39 is 0 Å². The Balaban J connectivity index is 1.45. The first-order chi connectivity index (χ1) is 12.1. The van der Waals surface area contributed by atoms with E-state index in [-0.39, 0.29) is 18.4 Å². The summed E-state index contributed by atoms with van der Waals surface area (Å²) in [5.41, 5.74) is 1.92. The van der Waals surface area contributed by atoms with Gasteiger partial charge >= 0.3 is 0 Å². The Bertz CT molecular complexity index is 859. The largest absolute Gasteiger partial charge is 0.350 e. The molecule has 0 bridgehead atoms. The van der Waals surface area contributed by atoms with Crippen molar-refractivity contribution in [3.63, 3.8) is 0 Å². The summed E-state index contributed by atoms with van der Waals surface area (Å²) in [5, 5.41) is 9.55. The molecule has 2 aromatic heterocycles. The third kappa shape index (κ3) is 4.77. The normalized spacial score (nSPS) is 10.4. The van der Waals surface area contributed by atoms with Crippen LogP contribution in [-0.2, 0) is 11.3 Å². The number of thiophene rings is 1. The summed E-state index contributed by atoms with van der Waals surface area (Å²) in [6, 6.07) is 13.1. The fourth-order valence-corrected chi connectivity index (χ4v) is 3.44. The highest BCUT2D eigenvalue weighted by Gasteiger charge is 2.10. The van der Waals surface area contributed by atoms with Gasteiger partial charge in [0.1, 0.15) is 0 Å². The zero-order valence-electron chi connectivity index (χ0n) is 13.1. The maximum Gasteiger partial charge on any atom is 0.261 e. The molecule has 128 valence electrons. The Morgan fingerprint density at radius 3 is 2.56 bits per heavy atom. The van der Waals surface area contributed by atoms with Crippen LogP contribution in [0.1, 0.15) is 15.2 Å². The molecule has 3 aromatic rings.